The lowest BCUT2D eigenvalue weighted by molar-refractivity contribution is -0.121. The fraction of sp³-hybridized carbons (Fsp3) is 0.316. The molecule has 2 aromatic carbocycles. The van der Waals surface area contributed by atoms with E-state index in [2.05, 4.69) is 30.4 Å². The Balaban J connectivity index is 0.00000288. The maximum absolute atomic E-state index is 11.6. The molecule has 0 spiro atoms. The van der Waals surface area contributed by atoms with Crippen LogP contribution in [-0.4, -0.2) is 11.9 Å². The van der Waals surface area contributed by atoms with Crippen molar-refractivity contribution in [2.24, 2.45) is 5.73 Å². The SMILES string of the molecule is Cc1cccc(COc2ccc(CNC(=O)CC(C)N)cc2)c1.Cl. The van der Waals surface area contributed by atoms with E-state index in [1.807, 2.05) is 37.3 Å². The van der Waals surface area contributed by atoms with Crippen LogP contribution in [0, 0.1) is 6.92 Å². The molecule has 1 atom stereocenters. The Morgan fingerprint density at radius 2 is 1.88 bits per heavy atom. The van der Waals surface area contributed by atoms with E-state index in [4.69, 9.17) is 10.5 Å². The highest BCUT2D eigenvalue weighted by molar-refractivity contribution is 5.85. The largest absolute Gasteiger partial charge is 0.489 e. The zero-order chi connectivity index (χ0) is 16.7. The van der Waals surface area contributed by atoms with Crippen LogP contribution in [0.2, 0.25) is 0 Å². The lowest BCUT2D eigenvalue weighted by Gasteiger charge is -2.09. The van der Waals surface area contributed by atoms with Crippen molar-refractivity contribution in [3.8, 4) is 5.75 Å². The van der Waals surface area contributed by atoms with Gasteiger partial charge in [0.05, 0.1) is 0 Å². The Kier molecular flexibility index (Phi) is 8.30. The summed E-state index contributed by atoms with van der Waals surface area (Å²) in [6.45, 7) is 4.94. The summed E-state index contributed by atoms with van der Waals surface area (Å²) in [5.41, 5.74) is 9.00. The van der Waals surface area contributed by atoms with Crippen LogP contribution in [-0.2, 0) is 17.9 Å². The number of nitrogens with one attached hydrogen (secondary N) is 1. The zero-order valence-corrected chi connectivity index (χ0v) is 14.9. The summed E-state index contributed by atoms with van der Waals surface area (Å²) in [6, 6.07) is 15.9. The predicted octanol–water partition coefficient (Wildman–Crippen LogP) is 3.35. The molecule has 0 radical (unpaired) electrons. The molecule has 0 aromatic heterocycles. The van der Waals surface area contributed by atoms with E-state index in [-0.39, 0.29) is 24.4 Å². The fourth-order valence-corrected chi connectivity index (χ4v) is 2.24. The lowest BCUT2D eigenvalue weighted by Crippen LogP contribution is -2.29. The number of amides is 1. The normalized spacial score (nSPS) is 11.3. The first-order valence-corrected chi connectivity index (χ1v) is 7.82. The molecule has 0 aliphatic carbocycles. The van der Waals surface area contributed by atoms with Gasteiger partial charge >= 0.3 is 0 Å². The van der Waals surface area contributed by atoms with E-state index in [1.165, 1.54) is 5.56 Å². The van der Waals surface area contributed by atoms with E-state index in [0.29, 0.717) is 19.6 Å². The van der Waals surface area contributed by atoms with Crippen LogP contribution < -0.4 is 15.8 Å². The second kappa shape index (κ2) is 9.96. The molecular formula is C19H25ClN2O2. The topological polar surface area (TPSA) is 64.3 Å². The van der Waals surface area contributed by atoms with Gasteiger partial charge in [0.15, 0.2) is 0 Å². The van der Waals surface area contributed by atoms with Crippen molar-refractivity contribution in [1.29, 1.82) is 0 Å². The molecule has 2 aromatic rings. The minimum absolute atomic E-state index is 0. The highest BCUT2D eigenvalue weighted by Crippen LogP contribution is 2.15. The molecule has 24 heavy (non-hydrogen) atoms. The third-order valence-electron chi connectivity index (χ3n) is 3.41. The molecule has 5 heteroatoms. The fourth-order valence-electron chi connectivity index (χ4n) is 2.24. The van der Waals surface area contributed by atoms with E-state index in [0.717, 1.165) is 16.9 Å². The number of nitrogens with two attached hydrogens (primary N) is 1. The summed E-state index contributed by atoms with van der Waals surface area (Å²) in [7, 11) is 0. The van der Waals surface area contributed by atoms with Gasteiger partial charge in [0.1, 0.15) is 12.4 Å². The Bertz CT molecular complexity index is 642. The van der Waals surface area contributed by atoms with Crippen molar-refractivity contribution in [2.75, 3.05) is 0 Å². The molecule has 0 bridgehead atoms. The molecule has 0 aliphatic heterocycles. The van der Waals surface area contributed by atoms with Crippen LogP contribution in [0.3, 0.4) is 0 Å². The van der Waals surface area contributed by atoms with E-state index < -0.39 is 0 Å². The summed E-state index contributed by atoms with van der Waals surface area (Å²) < 4.78 is 5.78. The molecule has 1 amide bonds. The minimum atomic E-state index is -0.118. The summed E-state index contributed by atoms with van der Waals surface area (Å²) in [6.07, 6.45) is 0.345. The molecule has 130 valence electrons. The monoisotopic (exact) mass is 348 g/mol. The van der Waals surface area contributed by atoms with E-state index in [9.17, 15) is 4.79 Å². The standard InChI is InChI=1S/C19H24N2O2.ClH/c1-14-4-3-5-17(10-14)13-23-18-8-6-16(7-9-18)12-21-19(22)11-15(2)20;/h3-10,15H,11-13,20H2,1-2H3,(H,21,22);1H. The molecule has 3 N–H and O–H groups in total. The maximum Gasteiger partial charge on any atom is 0.221 e. The van der Waals surface area contributed by atoms with Crippen molar-refractivity contribution in [2.45, 2.75) is 39.5 Å². The van der Waals surface area contributed by atoms with Gasteiger partial charge in [-0.25, -0.2) is 0 Å². The number of ether oxygens (including phenoxy) is 1. The summed E-state index contributed by atoms with van der Waals surface area (Å²) >= 11 is 0. The average molecular weight is 349 g/mol. The van der Waals surface area contributed by atoms with Crippen LogP contribution in [0.4, 0.5) is 0 Å². The molecular weight excluding hydrogens is 324 g/mol. The first-order valence-electron chi connectivity index (χ1n) is 7.82. The molecule has 1 unspecified atom stereocenters. The molecule has 0 heterocycles. The Morgan fingerprint density at radius 3 is 2.50 bits per heavy atom. The van der Waals surface area contributed by atoms with Gasteiger partial charge in [-0.2, -0.15) is 0 Å². The van der Waals surface area contributed by atoms with E-state index in [1.54, 1.807) is 0 Å². The number of carbonyl (C=O) groups excluding carboxylic acids is 1. The Hall–Kier alpha value is -2.04. The number of hydrogen-bond acceptors (Lipinski definition) is 3. The summed E-state index contributed by atoms with van der Waals surface area (Å²) in [5, 5.41) is 2.85. The average Bonchev–Trinajstić information content (AvgIpc) is 2.51. The third-order valence-corrected chi connectivity index (χ3v) is 3.41. The highest BCUT2D eigenvalue weighted by Gasteiger charge is 2.04. The zero-order valence-electron chi connectivity index (χ0n) is 14.1. The minimum Gasteiger partial charge on any atom is -0.489 e. The highest BCUT2D eigenvalue weighted by atomic mass is 35.5. The van der Waals surface area contributed by atoms with Gasteiger partial charge in [-0.3, -0.25) is 4.79 Å². The Labute approximate surface area is 149 Å². The molecule has 4 nitrogen and oxygen atoms in total. The van der Waals surface area contributed by atoms with Gasteiger partial charge in [0.2, 0.25) is 5.91 Å². The first kappa shape index (κ1) is 20.0. The van der Waals surface area contributed by atoms with Crippen LogP contribution in [0.25, 0.3) is 0 Å². The summed E-state index contributed by atoms with van der Waals surface area (Å²) in [4.78, 5) is 11.6. The second-order valence-corrected chi connectivity index (χ2v) is 5.88. The number of aryl methyl sites for hydroxylation is 1. The van der Waals surface area contributed by atoms with Crippen LogP contribution in [0.5, 0.6) is 5.75 Å². The third kappa shape index (κ3) is 7.02. The smallest absolute Gasteiger partial charge is 0.221 e. The molecule has 0 aliphatic rings. The molecule has 0 saturated heterocycles. The van der Waals surface area contributed by atoms with Crippen LogP contribution >= 0.6 is 12.4 Å². The van der Waals surface area contributed by atoms with Gasteiger partial charge < -0.3 is 15.8 Å². The molecule has 2 rings (SSSR count). The van der Waals surface area contributed by atoms with Gasteiger partial charge in [-0.15, -0.1) is 12.4 Å². The van der Waals surface area contributed by atoms with Crippen molar-refractivity contribution in [3.05, 3.63) is 65.2 Å². The van der Waals surface area contributed by atoms with Crippen molar-refractivity contribution < 1.29 is 9.53 Å². The Morgan fingerprint density at radius 1 is 1.17 bits per heavy atom. The number of rotatable bonds is 7. The van der Waals surface area contributed by atoms with Crippen LogP contribution in [0.1, 0.15) is 30.0 Å². The number of hydrogen-bond donors (Lipinski definition) is 2. The van der Waals surface area contributed by atoms with Crippen molar-refractivity contribution in [3.63, 3.8) is 0 Å². The van der Waals surface area contributed by atoms with Gasteiger partial charge in [0.25, 0.3) is 0 Å². The summed E-state index contributed by atoms with van der Waals surface area (Å²) in [5.74, 6) is 0.789. The number of halogens is 1. The predicted molar refractivity (Wildman–Crippen MR) is 99.3 cm³/mol. The second-order valence-electron chi connectivity index (χ2n) is 5.88. The quantitative estimate of drug-likeness (QED) is 0.806. The maximum atomic E-state index is 11.6. The lowest BCUT2D eigenvalue weighted by atomic mass is 10.1. The van der Waals surface area contributed by atoms with Crippen molar-refractivity contribution >= 4 is 18.3 Å². The number of carbonyl (C=O) groups is 1. The molecule has 0 fully saturated rings. The van der Waals surface area contributed by atoms with Gasteiger partial charge in [-0.05, 0) is 37.1 Å². The first-order chi connectivity index (χ1) is 11.0. The van der Waals surface area contributed by atoms with Gasteiger partial charge in [-0.1, -0.05) is 42.0 Å². The molecule has 0 saturated carbocycles. The van der Waals surface area contributed by atoms with E-state index >= 15 is 0 Å². The number of benzene rings is 2. The van der Waals surface area contributed by atoms with Crippen LogP contribution in [0.15, 0.2) is 48.5 Å². The van der Waals surface area contributed by atoms with Gasteiger partial charge in [0, 0.05) is 19.0 Å². The van der Waals surface area contributed by atoms with Crippen molar-refractivity contribution in [1.82, 2.24) is 5.32 Å².